The van der Waals surface area contributed by atoms with Crippen LogP contribution in [0.3, 0.4) is 0 Å². The van der Waals surface area contributed by atoms with E-state index in [0.29, 0.717) is 11.5 Å². The molecule has 0 aliphatic carbocycles. The Morgan fingerprint density at radius 2 is 2.05 bits per heavy atom. The van der Waals surface area contributed by atoms with E-state index in [-0.39, 0.29) is 17.1 Å². The summed E-state index contributed by atoms with van der Waals surface area (Å²) in [6.45, 7) is 7.98. The van der Waals surface area contributed by atoms with Gasteiger partial charge in [0.05, 0.1) is 5.69 Å². The Morgan fingerprint density at radius 3 is 2.65 bits per heavy atom. The number of nitrogens with one attached hydrogen (secondary N) is 2. The van der Waals surface area contributed by atoms with Gasteiger partial charge in [-0.15, -0.1) is 5.10 Å². The molecule has 6 heteroatoms. The van der Waals surface area contributed by atoms with Crippen molar-refractivity contribution < 1.29 is 4.79 Å². The lowest BCUT2D eigenvalue weighted by Crippen LogP contribution is -2.16. The Morgan fingerprint density at radius 1 is 1.35 bits per heavy atom. The normalized spacial score (nSPS) is 11.4. The highest BCUT2D eigenvalue weighted by atomic mass is 79.9. The zero-order chi connectivity index (χ0) is 14.9. The minimum absolute atomic E-state index is 0.142. The summed E-state index contributed by atoms with van der Waals surface area (Å²) < 4.78 is 0.822. The molecule has 1 aromatic carbocycles. The number of aromatic amines is 1. The minimum atomic E-state index is -0.331. The van der Waals surface area contributed by atoms with Gasteiger partial charge in [0.2, 0.25) is 5.82 Å². The first-order valence-electron chi connectivity index (χ1n) is 6.28. The molecule has 0 aliphatic heterocycles. The van der Waals surface area contributed by atoms with Crippen molar-refractivity contribution in [1.82, 2.24) is 15.2 Å². The van der Waals surface area contributed by atoms with E-state index in [1.807, 2.05) is 45.9 Å². The van der Waals surface area contributed by atoms with Crippen LogP contribution in [0.1, 0.15) is 42.8 Å². The molecule has 0 atom stereocenters. The maximum absolute atomic E-state index is 12.1. The standard InChI is InChI=1S/C14H17BrN4O/c1-8-5-6-9(15)10(7-8)16-12(20)11-17-13(19-18-11)14(2,3)4/h5-7H,1-4H3,(H,16,20)(H,17,18,19). The zero-order valence-electron chi connectivity index (χ0n) is 11.9. The molecule has 1 heterocycles. The maximum atomic E-state index is 12.1. The maximum Gasteiger partial charge on any atom is 0.295 e. The van der Waals surface area contributed by atoms with E-state index in [1.165, 1.54) is 0 Å². The van der Waals surface area contributed by atoms with E-state index in [1.54, 1.807) is 0 Å². The van der Waals surface area contributed by atoms with Gasteiger partial charge < -0.3 is 5.32 Å². The summed E-state index contributed by atoms with van der Waals surface area (Å²) in [6, 6.07) is 5.74. The number of nitrogens with zero attached hydrogens (tertiary/aromatic N) is 2. The quantitative estimate of drug-likeness (QED) is 0.882. The second-order valence-corrected chi connectivity index (χ2v) is 6.55. The van der Waals surface area contributed by atoms with E-state index in [0.717, 1.165) is 10.0 Å². The third kappa shape index (κ3) is 3.25. The van der Waals surface area contributed by atoms with Crippen LogP contribution in [-0.4, -0.2) is 21.1 Å². The van der Waals surface area contributed by atoms with Crippen LogP contribution in [0, 0.1) is 6.92 Å². The molecule has 0 bridgehead atoms. The SMILES string of the molecule is Cc1ccc(Br)c(NC(=O)c2n[nH]c(C(C)(C)C)n2)c1. The number of carbonyl (C=O) groups excluding carboxylic acids is 1. The Bertz CT molecular complexity index is 643. The lowest BCUT2D eigenvalue weighted by Gasteiger charge is -2.12. The summed E-state index contributed by atoms with van der Waals surface area (Å²) in [5, 5.41) is 9.57. The van der Waals surface area contributed by atoms with Crippen LogP contribution in [0.15, 0.2) is 22.7 Å². The predicted octanol–water partition coefficient (Wildman–Crippen LogP) is 3.43. The van der Waals surface area contributed by atoms with Crippen molar-refractivity contribution in [2.24, 2.45) is 0 Å². The molecule has 2 rings (SSSR count). The smallest absolute Gasteiger partial charge is 0.295 e. The van der Waals surface area contributed by atoms with Crippen molar-refractivity contribution in [3.05, 3.63) is 39.9 Å². The first-order valence-corrected chi connectivity index (χ1v) is 7.07. The number of benzene rings is 1. The van der Waals surface area contributed by atoms with Crippen LogP contribution in [0.4, 0.5) is 5.69 Å². The van der Waals surface area contributed by atoms with Gasteiger partial charge >= 0.3 is 0 Å². The fourth-order valence-electron chi connectivity index (χ4n) is 1.61. The number of aryl methyl sites for hydroxylation is 1. The van der Waals surface area contributed by atoms with Gasteiger partial charge in [-0.1, -0.05) is 26.8 Å². The average molecular weight is 337 g/mol. The molecule has 0 unspecified atom stereocenters. The molecule has 2 N–H and O–H groups in total. The van der Waals surface area contributed by atoms with Crippen molar-refractivity contribution in [2.75, 3.05) is 5.32 Å². The average Bonchev–Trinajstić information content (AvgIpc) is 2.83. The van der Waals surface area contributed by atoms with Gasteiger partial charge in [0.1, 0.15) is 5.82 Å². The van der Waals surface area contributed by atoms with Gasteiger partial charge in [-0.3, -0.25) is 9.89 Å². The molecule has 1 aromatic heterocycles. The lowest BCUT2D eigenvalue weighted by molar-refractivity contribution is 0.101. The Hall–Kier alpha value is -1.69. The van der Waals surface area contributed by atoms with Gasteiger partial charge in [-0.05, 0) is 40.5 Å². The van der Waals surface area contributed by atoms with Crippen molar-refractivity contribution >= 4 is 27.5 Å². The van der Waals surface area contributed by atoms with E-state index < -0.39 is 0 Å². The molecule has 1 amide bonds. The van der Waals surface area contributed by atoms with Crippen LogP contribution in [0.2, 0.25) is 0 Å². The number of H-pyrrole nitrogens is 1. The number of carbonyl (C=O) groups is 1. The number of halogens is 1. The third-order valence-electron chi connectivity index (χ3n) is 2.77. The lowest BCUT2D eigenvalue weighted by atomic mass is 9.96. The Kier molecular flexibility index (Phi) is 3.94. The number of anilines is 1. The summed E-state index contributed by atoms with van der Waals surface area (Å²) in [7, 11) is 0. The van der Waals surface area contributed by atoms with E-state index in [9.17, 15) is 4.79 Å². The highest BCUT2D eigenvalue weighted by Gasteiger charge is 2.21. The first-order chi connectivity index (χ1) is 9.27. The van der Waals surface area contributed by atoms with Crippen LogP contribution in [0.5, 0.6) is 0 Å². The van der Waals surface area contributed by atoms with Crippen molar-refractivity contribution in [1.29, 1.82) is 0 Å². The van der Waals surface area contributed by atoms with Crippen LogP contribution in [0.25, 0.3) is 0 Å². The third-order valence-corrected chi connectivity index (χ3v) is 3.46. The van der Waals surface area contributed by atoms with Crippen LogP contribution in [-0.2, 0) is 5.41 Å². The summed E-state index contributed by atoms with van der Waals surface area (Å²) in [4.78, 5) is 16.4. The van der Waals surface area contributed by atoms with E-state index in [4.69, 9.17) is 0 Å². The van der Waals surface area contributed by atoms with Gasteiger partial charge in [0.25, 0.3) is 5.91 Å². The molecule has 0 fully saturated rings. The number of rotatable bonds is 2. The number of hydrogen-bond donors (Lipinski definition) is 2. The molecule has 0 spiro atoms. The Labute approximate surface area is 126 Å². The molecule has 20 heavy (non-hydrogen) atoms. The predicted molar refractivity (Wildman–Crippen MR) is 81.9 cm³/mol. The van der Waals surface area contributed by atoms with Crippen molar-refractivity contribution in [3.8, 4) is 0 Å². The monoisotopic (exact) mass is 336 g/mol. The number of hydrogen-bond acceptors (Lipinski definition) is 3. The molecule has 5 nitrogen and oxygen atoms in total. The molecule has 0 saturated carbocycles. The fourth-order valence-corrected chi connectivity index (χ4v) is 1.96. The number of amides is 1. The second kappa shape index (κ2) is 5.36. The van der Waals surface area contributed by atoms with E-state index in [2.05, 4.69) is 36.4 Å². The Balaban J connectivity index is 2.20. The molecule has 2 aromatic rings. The zero-order valence-corrected chi connectivity index (χ0v) is 13.5. The molecule has 0 aliphatic rings. The largest absolute Gasteiger partial charge is 0.318 e. The minimum Gasteiger partial charge on any atom is -0.318 e. The molecular formula is C14H17BrN4O. The summed E-state index contributed by atoms with van der Waals surface area (Å²) in [5.74, 6) is 0.498. The van der Waals surface area contributed by atoms with Crippen molar-refractivity contribution in [2.45, 2.75) is 33.1 Å². The van der Waals surface area contributed by atoms with Crippen LogP contribution < -0.4 is 5.32 Å². The van der Waals surface area contributed by atoms with Gasteiger partial charge in [0.15, 0.2) is 0 Å². The van der Waals surface area contributed by atoms with Gasteiger partial charge in [0, 0.05) is 9.89 Å². The van der Waals surface area contributed by atoms with Crippen molar-refractivity contribution in [3.63, 3.8) is 0 Å². The highest BCUT2D eigenvalue weighted by molar-refractivity contribution is 9.10. The molecular weight excluding hydrogens is 320 g/mol. The van der Waals surface area contributed by atoms with Gasteiger partial charge in [-0.25, -0.2) is 4.98 Å². The summed E-state index contributed by atoms with van der Waals surface area (Å²) >= 11 is 3.41. The van der Waals surface area contributed by atoms with Gasteiger partial charge in [-0.2, -0.15) is 0 Å². The first kappa shape index (κ1) is 14.7. The van der Waals surface area contributed by atoms with E-state index >= 15 is 0 Å². The summed E-state index contributed by atoms with van der Waals surface area (Å²) in [5.41, 5.74) is 1.60. The highest BCUT2D eigenvalue weighted by Crippen LogP contribution is 2.24. The molecule has 0 saturated heterocycles. The summed E-state index contributed by atoms with van der Waals surface area (Å²) in [6.07, 6.45) is 0. The molecule has 0 radical (unpaired) electrons. The molecule has 106 valence electrons. The van der Waals surface area contributed by atoms with Crippen LogP contribution >= 0.6 is 15.9 Å². The number of aromatic nitrogens is 3. The fraction of sp³-hybridized carbons (Fsp3) is 0.357. The topological polar surface area (TPSA) is 70.7 Å². The second-order valence-electron chi connectivity index (χ2n) is 5.70.